The summed E-state index contributed by atoms with van der Waals surface area (Å²) in [6.07, 6.45) is 2.84. The molecule has 0 fully saturated rings. The van der Waals surface area contributed by atoms with Crippen molar-refractivity contribution in [3.05, 3.63) is 65.7 Å². The predicted molar refractivity (Wildman–Crippen MR) is 69.8 cm³/mol. The first-order chi connectivity index (χ1) is 9.16. The van der Waals surface area contributed by atoms with Gasteiger partial charge in [-0.1, -0.05) is 18.2 Å². The van der Waals surface area contributed by atoms with Crippen LogP contribution in [0.25, 0.3) is 6.08 Å². The third-order valence-corrected chi connectivity index (χ3v) is 2.38. The molecule has 0 aliphatic carbocycles. The standard InChI is InChI=1S/C14H12N2O3/c15-13(17)12(9-11-7-4-8-19-11)16-14(18)10-5-2-1-3-6-10/h1-9H,(H2,15,17)(H,16,18)/b12-9-. The second-order valence-corrected chi connectivity index (χ2v) is 3.76. The van der Waals surface area contributed by atoms with Gasteiger partial charge in [0, 0.05) is 11.6 Å². The van der Waals surface area contributed by atoms with Crippen molar-refractivity contribution < 1.29 is 14.0 Å². The number of carbonyl (C=O) groups is 2. The molecule has 0 aliphatic rings. The topological polar surface area (TPSA) is 85.3 Å². The Labute approximate surface area is 109 Å². The van der Waals surface area contributed by atoms with Crippen molar-refractivity contribution in [2.24, 2.45) is 5.73 Å². The fourth-order valence-corrected chi connectivity index (χ4v) is 1.47. The number of rotatable bonds is 4. The van der Waals surface area contributed by atoms with Crippen LogP contribution >= 0.6 is 0 Å². The molecule has 0 atom stereocenters. The number of furan rings is 1. The molecule has 0 saturated carbocycles. The Hall–Kier alpha value is -2.82. The van der Waals surface area contributed by atoms with E-state index in [1.807, 2.05) is 0 Å². The largest absolute Gasteiger partial charge is 0.465 e. The van der Waals surface area contributed by atoms with E-state index in [0.717, 1.165) is 0 Å². The summed E-state index contributed by atoms with van der Waals surface area (Å²) in [7, 11) is 0. The zero-order chi connectivity index (χ0) is 13.7. The minimum Gasteiger partial charge on any atom is -0.465 e. The number of amides is 2. The second-order valence-electron chi connectivity index (χ2n) is 3.76. The highest BCUT2D eigenvalue weighted by Gasteiger charge is 2.12. The predicted octanol–water partition coefficient (Wildman–Crippen LogP) is 1.54. The molecule has 19 heavy (non-hydrogen) atoms. The summed E-state index contributed by atoms with van der Waals surface area (Å²) in [5, 5.41) is 2.46. The smallest absolute Gasteiger partial charge is 0.265 e. The van der Waals surface area contributed by atoms with Crippen molar-refractivity contribution in [3.63, 3.8) is 0 Å². The van der Waals surface area contributed by atoms with Crippen LogP contribution in [0.2, 0.25) is 0 Å². The summed E-state index contributed by atoms with van der Waals surface area (Å²) in [4.78, 5) is 23.2. The van der Waals surface area contributed by atoms with E-state index < -0.39 is 11.8 Å². The number of nitrogens with two attached hydrogens (primary N) is 1. The number of benzene rings is 1. The molecule has 96 valence electrons. The molecular formula is C14H12N2O3. The lowest BCUT2D eigenvalue weighted by Crippen LogP contribution is -2.31. The van der Waals surface area contributed by atoms with Crippen molar-refractivity contribution in [2.75, 3.05) is 0 Å². The molecule has 0 bridgehead atoms. The van der Waals surface area contributed by atoms with Crippen molar-refractivity contribution in [2.45, 2.75) is 0 Å². The maximum absolute atomic E-state index is 11.9. The lowest BCUT2D eigenvalue weighted by atomic mass is 10.2. The number of carbonyl (C=O) groups excluding carboxylic acids is 2. The van der Waals surface area contributed by atoms with Gasteiger partial charge in [-0.25, -0.2) is 0 Å². The van der Waals surface area contributed by atoms with E-state index in [4.69, 9.17) is 10.2 Å². The first-order valence-corrected chi connectivity index (χ1v) is 5.58. The second kappa shape index (κ2) is 5.68. The van der Waals surface area contributed by atoms with E-state index in [1.165, 1.54) is 12.3 Å². The SMILES string of the molecule is NC(=O)/C(=C/c1ccco1)NC(=O)c1ccccc1. The summed E-state index contributed by atoms with van der Waals surface area (Å²) >= 11 is 0. The zero-order valence-corrected chi connectivity index (χ0v) is 10.00. The van der Waals surface area contributed by atoms with E-state index >= 15 is 0 Å². The van der Waals surface area contributed by atoms with Crippen LogP contribution in [0.5, 0.6) is 0 Å². The van der Waals surface area contributed by atoms with Crippen molar-refractivity contribution >= 4 is 17.9 Å². The number of hydrogen-bond donors (Lipinski definition) is 2. The minimum absolute atomic E-state index is 0.0243. The van der Waals surface area contributed by atoms with Gasteiger partial charge in [-0.15, -0.1) is 0 Å². The number of nitrogens with one attached hydrogen (secondary N) is 1. The van der Waals surface area contributed by atoms with Crippen molar-refractivity contribution in [1.82, 2.24) is 5.32 Å². The molecule has 0 unspecified atom stereocenters. The number of hydrogen-bond acceptors (Lipinski definition) is 3. The van der Waals surface area contributed by atoms with E-state index in [1.54, 1.807) is 42.5 Å². The summed E-state index contributed by atoms with van der Waals surface area (Å²) in [5.74, 6) is -0.708. The van der Waals surface area contributed by atoms with Crippen LogP contribution in [-0.2, 0) is 4.79 Å². The van der Waals surface area contributed by atoms with Crippen LogP contribution in [0.3, 0.4) is 0 Å². The highest BCUT2D eigenvalue weighted by molar-refractivity contribution is 6.04. The van der Waals surface area contributed by atoms with Crippen molar-refractivity contribution in [1.29, 1.82) is 0 Å². The van der Waals surface area contributed by atoms with E-state index in [2.05, 4.69) is 5.32 Å². The molecule has 2 rings (SSSR count). The third-order valence-electron chi connectivity index (χ3n) is 2.38. The average molecular weight is 256 g/mol. The van der Waals surface area contributed by atoms with Gasteiger partial charge in [0.1, 0.15) is 11.5 Å². The Morgan fingerprint density at radius 1 is 1.11 bits per heavy atom. The summed E-state index contributed by atoms with van der Waals surface area (Å²) in [5.41, 5.74) is 5.63. The quantitative estimate of drug-likeness (QED) is 0.813. The third kappa shape index (κ3) is 3.32. The van der Waals surface area contributed by atoms with Crippen LogP contribution in [0.15, 0.2) is 58.8 Å². The highest BCUT2D eigenvalue weighted by atomic mass is 16.3. The fourth-order valence-electron chi connectivity index (χ4n) is 1.47. The Morgan fingerprint density at radius 2 is 1.84 bits per heavy atom. The molecule has 0 aliphatic heterocycles. The van der Waals surface area contributed by atoms with Crippen molar-refractivity contribution in [3.8, 4) is 0 Å². The van der Waals surface area contributed by atoms with E-state index in [-0.39, 0.29) is 5.70 Å². The van der Waals surface area contributed by atoms with Gasteiger partial charge in [0.2, 0.25) is 0 Å². The Balaban J connectivity index is 2.19. The minimum atomic E-state index is -0.735. The maximum Gasteiger partial charge on any atom is 0.265 e. The van der Waals surface area contributed by atoms with Gasteiger partial charge < -0.3 is 15.5 Å². The van der Waals surface area contributed by atoms with Crippen LogP contribution in [0, 0.1) is 0 Å². The van der Waals surface area contributed by atoms with Gasteiger partial charge in [0.15, 0.2) is 0 Å². The van der Waals surface area contributed by atoms with Gasteiger partial charge in [0.25, 0.3) is 11.8 Å². The van der Waals surface area contributed by atoms with Gasteiger partial charge in [-0.2, -0.15) is 0 Å². The maximum atomic E-state index is 11.9. The molecule has 3 N–H and O–H groups in total. The molecule has 5 nitrogen and oxygen atoms in total. The lowest BCUT2D eigenvalue weighted by molar-refractivity contribution is -0.114. The molecule has 0 saturated heterocycles. The molecule has 0 radical (unpaired) electrons. The normalized spacial score (nSPS) is 11.1. The summed E-state index contributed by atoms with van der Waals surface area (Å²) < 4.78 is 5.07. The fraction of sp³-hybridized carbons (Fsp3) is 0. The molecule has 2 amide bonds. The Kier molecular flexibility index (Phi) is 3.78. The Morgan fingerprint density at radius 3 is 2.42 bits per heavy atom. The number of primary amides is 1. The van der Waals surface area contributed by atoms with Gasteiger partial charge in [-0.05, 0) is 24.3 Å². The monoisotopic (exact) mass is 256 g/mol. The highest BCUT2D eigenvalue weighted by Crippen LogP contribution is 2.07. The first kappa shape index (κ1) is 12.6. The van der Waals surface area contributed by atoms with Crippen LogP contribution in [0.4, 0.5) is 0 Å². The molecule has 1 aromatic heterocycles. The molecule has 1 heterocycles. The Bertz CT molecular complexity index is 601. The van der Waals surface area contributed by atoms with Crippen LogP contribution in [-0.4, -0.2) is 11.8 Å². The van der Waals surface area contributed by atoms with Crippen LogP contribution < -0.4 is 11.1 Å². The van der Waals surface area contributed by atoms with Gasteiger partial charge in [0.05, 0.1) is 6.26 Å². The molecule has 1 aromatic carbocycles. The average Bonchev–Trinajstić information content (AvgIpc) is 2.91. The molecule has 2 aromatic rings. The van der Waals surface area contributed by atoms with Gasteiger partial charge >= 0.3 is 0 Å². The summed E-state index contributed by atoms with van der Waals surface area (Å²) in [6.45, 7) is 0. The summed E-state index contributed by atoms with van der Waals surface area (Å²) in [6, 6.07) is 11.9. The molecule has 5 heteroatoms. The van der Waals surface area contributed by atoms with E-state index in [0.29, 0.717) is 11.3 Å². The first-order valence-electron chi connectivity index (χ1n) is 5.58. The molecule has 0 spiro atoms. The van der Waals surface area contributed by atoms with E-state index in [9.17, 15) is 9.59 Å². The van der Waals surface area contributed by atoms with Gasteiger partial charge in [-0.3, -0.25) is 9.59 Å². The van der Waals surface area contributed by atoms with Crippen LogP contribution in [0.1, 0.15) is 16.1 Å². The molecular weight excluding hydrogens is 244 g/mol. The lowest BCUT2D eigenvalue weighted by Gasteiger charge is -2.06. The zero-order valence-electron chi connectivity index (χ0n) is 10.00.